The second-order valence-electron chi connectivity index (χ2n) is 3.93. The molecular formula is C12H15ClN2O. The summed E-state index contributed by atoms with van der Waals surface area (Å²) in [6.07, 6.45) is 0.469. The van der Waals surface area contributed by atoms with E-state index in [1.54, 1.807) is 0 Å². The number of nitrogens with one attached hydrogen (secondary N) is 1. The molecule has 1 N–H and O–H groups in total. The quantitative estimate of drug-likeness (QED) is 0.843. The van der Waals surface area contributed by atoms with Gasteiger partial charge in [-0.3, -0.25) is 4.79 Å². The van der Waals surface area contributed by atoms with Crippen LogP contribution in [0.5, 0.6) is 0 Å². The Morgan fingerprint density at radius 3 is 2.50 bits per heavy atom. The summed E-state index contributed by atoms with van der Waals surface area (Å²) in [6, 6.07) is 7.45. The highest BCUT2D eigenvalue weighted by Gasteiger charge is 2.15. The van der Waals surface area contributed by atoms with E-state index in [2.05, 4.69) is 5.32 Å². The van der Waals surface area contributed by atoms with E-state index in [1.165, 1.54) is 0 Å². The molecule has 1 amide bonds. The van der Waals surface area contributed by atoms with E-state index in [0.29, 0.717) is 11.4 Å². The van der Waals surface area contributed by atoms with Crippen molar-refractivity contribution in [3.05, 3.63) is 34.9 Å². The van der Waals surface area contributed by atoms with E-state index in [4.69, 9.17) is 11.6 Å². The highest BCUT2D eigenvalue weighted by atomic mass is 35.5. The van der Waals surface area contributed by atoms with Gasteiger partial charge >= 0.3 is 0 Å². The predicted molar refractivity (Wildman–Crippen MR) is 64.6 cm³/mol. The molecule has 1 aliphatic rings. The highest BCUT2D eigenvalue weighted by Crippen LogP contribution is 2.11. The van der Waals surface area contributed by atoms with Crippen LogP contribution in [-0.4, -0.2) is 37.0 Å². The van der Waals surface area contributed by atoms with Gasteiger partial charge in [-0.25, -0.2) is 0 Å². The van der Waals surface area contributed by atoms with Crippen molar-refractivity contribution in [2.75, 3.05) is 26.2 Å². The third-order valence-electron chi connectivity index (χ3n) is 2.74. The second-order valence-corrected chi connectivity index (χ2v) is 4.37. The lowest BCUT2D eigenvalue weighted by atomic mass is 10.1. The summed E-state index contributed by atoms with van der Waals surface area (Å²) in [5, 5.41) is 3.94. The minimum atomic E-state index is 0.198. The van der Waals surface area contributed by atoms with E-state index in [0.717, 1.165) is 31.7 Å². The van der Waals surface area contributed by atoms with E-state index in [1.807, 2.05) is 29.2 Å². The number of carbonyl (C=O) groups excluding carboxylic acids is 1. The topological polar surface area (TPSA) is 32.3 Å². The van der Waals surface area contributed by atoms with Gasteiger partial charge in [0.25, 0.3) is 0 Å². The molecule has 0 atom stereocenters. The van der Waals surface area contributed by atoms with Crippen LogP contribution < -0.4 is 5.32 Å². The van der Waals surface area contributed by atoms with Crippen LogP contribution in [0.25, 0.3) is 0 Å². The maximum absolute atomic E-state index is 11.9. The number of nitrogens with zero attached hydrogens (tertiary/aromatic N) is 1. The summed E-state index contributed by atoms with van der Waals surface area (Å²) >= 11 is 5.79. The Kier molecular flexibility index (Phi) is 3.80. The van der Waals surface area contributed by atoms with Gasteiger partial charge in [-0.2, -0.15) is 0 Å². The summed E-state index contributed by atoms with van der Waals surface area (Å²) in [5.74, 6) is 0.198. The van der Waals surface area contributed by atoms with E-state index >= 15 is 0 Å². The molecule has 1 aliphatic heterocycles. The zero-order chi connectivity index (χ0) is 11.4. The smallest absolute Gasteiger partial charge is 0.227 e. The Morgan fingerprint density at radius 1 is 1.25 bits per heavy atom. The normalized spacial score (nSPS) is 16.2. The van der Waals surface area contributed by atoms with Crippen LogP contribution in [-0.2, 0) is 11.2 Å². The van der Waals surface area contributed by atoms with Crippen LogP contribution in [0.1, 0.15) is 5.56 Å². The van der Waals surface area contributed by atoms with Crippen molar-refractivity contribution in [2.45, 2.75) is 6.42 Å². The Labute approximate surface area is 100 Å². The molecule has 0 aliphatic carbocycles. The van der Waals surface area contributed by atoms with Crippen LogP contribution >= 0.6 is 11.6 Å². The minimum absolute atomic E-state index is 0.198. The van der Waals surface area contributed by atoms with Crippen LogP contribution in [0.4, 0.5) is 0 Å². The summed E-state index contributed by atoms with van der Waals surface area (Å²) in [6.45, 7) is 3.41. The Morgan fingerprint density at radius 2 is 1.88 bits per heavy atom. The monoisotopic (exact) mass is 238 g/mol. The minimum Gasteiger partial charge on any atom is -0.340 e. The molecule has 1 saturated heterocycles. The number of rotatable bonds is 2. The summed E-state index contributed by atoms with van der Waals surface area (Å²) in [5.41, 5.74) is 1.02. The van der Waals surface area contributed by atoms with Gasteiger partial charge in [0, 0.05) is 31.2 Å². The molecule has 0 spiro atoms. The van der Waals surface area contributed by atoms with Gasteiger partial charge in [-0.15, -0.1) is 0 Å². The van der Waals surface area contributed by atoms with Gasteiger partial charge in [0.2, 0.25) is 5.91 Å². The summed E-state index contributed by atoms with van der Waals surface area (Å²) in [4.78, 5) is 13.8. The standard InChI is InChI=1S/C12H15ClN2O/c13-11-3-1-10(2-4-11)9-12(16)15-7-5-14-6-8-15/h1-4,14H,5-9H2. The van der Waals surface area contributed by atoms with Crippen molar-refractivity contribution in [3.8, 4) is 0 Å². The second kappa shape index (κ2) is 5.32. The lowest BCUT2D eigenvalue weighted by Gasteiger charge is -2.27. The first-order valence-electron chi connectivity index (χ1n) is 5.48. The van der Waals surface area contributed by atoms with Crippen LogP contribution in [0.15, 0.2) is 24.3 Å². The zero-order valence-corrected chi connectivity index (χ0v) is 9.83. The average Bonchev–Trinajstić information content (AvgIpc) is 2.33. The number of hydrogen-bond donors (Lipinski definition) is 1. The molecule has 0 saturated carbocycles. The molecule has 1 aromatic carbocycles. The van der Waals surface area contributed by atoms with Gasteiger partial charge in [0.1, 0.15) is 0 Å². The third kappa shape index (κ3) is 2.97. The first-order valence-corrected chi connectivity index (χ1v) is 5.86. The first-order chi connectivity index (χ1) is 7.75. The molecule has 0 bridgehead atoms. The fourth-order valence-electron chi connectivity index (χ4n) is 1.80. The summed E-state index contributed by atoms with van der Waals surface area (Å²) < 4.78 is 0. The van der Waals surface area contributed by atoms with Crippen molar-refractivity contribution in [3.63, 3.8) is 0 Å². The Balaban J connectivity index is 1.93. The SMILES string of the molecule is O=C(Cc1ccc(Cl)cc1)N1CCNCC1. The van der Waals surface area contributed by atoms with Crippen LogP contribution in [0, 0.1) is 0 Å². The van der Waals surface area contributed by atoms with Crippen LogP contribution in [0.2, 0.25) is 5.02 Å². The number of carbonyl (C=O) groups is 1. The lowest BCUT2D eigenvalue weighted by Crippen LogP contribution is -2.46. The first kappa shape index (κ1) is 11.4. The average molecular weight is 239 g/mol. The highest BCUT2D eigenvalue weighted by molar-refractivity contribution is 6.30. The number of benzene rings is 1. The molecular weight excluding hydrogens is 224 g/mol. The molecule has 0 unspecified atom stereocenters. The fourth-order valence-corrected chi connectivity index (χ4v) is 1.93. The molecule has 3 nitrogen and oxygen atoms in total. The summed E-state index contributed by atoms with van der Waals surface area (Å²) in [7, 11) is 0. The Bertz CT molecular complexity index is 358. The molecule has 0 aromatic heterocycles. The van der Waals surface area contributed by atoms with Gasteiger partial charge in [0.05, 0.1) is 6.42 Å². The number of halogens is 1. The van der Waals surface area contributed by atoms with Gasteiger partial charge in [0.15, 0.2) is 0 Å². The molecule has 1 fully saturated rings. The molecule has 0 radical (unpaired) electrons. The number of piperazine rings is 1. The van der Waals surface area contributed by atoms with E-state index < -0.39 is 0 Å². The van der Waals surface area contributed by atoms with Crippen LogP contribution in [0.3, 0.4) is 0 Å². The number of amides is 1. The van der Waals surface area contributed by atoms with Gasteiger partial charge in [-0.05, 0) is 17.7 Å². The van der Waals surface area contributed by atoms with Crippen molar-refractivity contribution in [2.24, 2.45) is 0 Å². The fraction of sp³-hybridized carbons (Fsp3) is 0.417. The van der Waals surface area contributed by atoms with Crippen molar-refractivity contribution < 1.29 is 4.79 Å². The number of hydrogen-bond acceptors (Lipinski definition) is 2. The molecule has 1 aromatic rings. The molecule has 1 heterocycles. The lowest BCUT2D eigenvalue weighted by molar-refractivity contribution is -0.131. The third-order valence-corrected chi connectivity index (χ3v) is 2.99. The molecule has 86 valence electrons. The van der Waals surface area contributed by atoms with Gasteiger partial charge in [-0.1, -0.05) is 23.7 Å². The molecule has 4 heteroatoms. The van der Waals surface area contributed by atoms with E-state index in [9.17, 15) is 4.79 Å². The predicted octanol–water partition coefficient (Wildman–Crippen LogP) is 1.31. The maximum Gasteiger partial charge on any atom is 0.227 e. The van der Waals surface area contributed by atoms with Crippen molar-refractivity contribution >= 4 is 17.5 Å². The largest absolute Gasteiger partial charge is 0.340 e. The Hall–Kier alpha value is -1.06. The molecule has 16 heavy (non-hydrogen) atoms. The van der Waals surface area contributed by atoms with Gasteiger partial charge < -0.3 is 10.2 Å². The van der Waals surface area contributed by atoms with Crippen molar-refractivity contribution in [1.82, 2.24) is 10.2 Å². The zero-order valence-electron chi connectivity index (χ0n) is 9.08. The maximum atomic E-state index is 11.9. The van der Waals surface area contributed by atoms with E-state index in [-0.39, 0.29) is 5.91 Å². The molecule has 2 rings (SSSR count). The van der Waals surface area contributed by atoms with Crippen molar-refractivity contribution in [1.29, 1.82) is 0 Å².